The second-order valence-electron chi connectivity index (χ2n) is 5.61. The highest BCUT2D eigenvalue weighted by molar-refractivity contribution is 4.93. The number of halogens is 2. The van der Waals surface area contributed by atoms with Crippen molar-refractivity contribution >= 4 is 0 Å². The van der Waals surface area contributed by atoms with Gasteiger partial charge in [-0.1, -0.05) is 0 Å². The second-order valence-corrected chi connectivity index (χ2v) is 5.61. The van der Waals surface area contributed by atoms with Gasteiger partial charge in [-0.3, -0.25) is 11.3 Å². The molecular formula is C13H24F2N2O3. The molecule has 3 atom stereocenters. The van der Waals surface area contributed by atoms with Gasteiger partial charge in [0.15, 0.2) is 0 Å². The van der Waals surface area contributed by atoms with Gasteiger partial charge in [0.2, 0.25) is 0 Å². The Morgan fingerprint density at radius 2 is 2.25 bits per heavy atom. The lowest BCUT2D eigenvalue weighted by Gasteiger charge is -2.40. The highest BCUT2D eigenvalue weighted by atomic mass is 19.3. The average Bonchev–Trinajstić information content (AvgIpc) is 2.86. The Bertz CT molecular complexity index is 289. The molecule has 2 rings (SSSR count). The van der Waals surface area contributed by atoms with Gasteiger partial charge in [-0.05, 0) is 25.2 Å². The van der Waals surface area contributed by atoms with Gasteiger partial charge in [-0.25, -0.2) is 8.78 Å². The van der Waals surface area contributed by atoms with Gasteiger partial charge < -0.3 is 14.2 Å². The van der Waals surface area contributed by atoms with E-state index in [1.165, 1.54) is 0 Å². The number of hydrazine groups is 1. The lowest BCUT2D eigenvalue weighted by molar-refractivity contribution is -0.104. The summed E-state index contributed by atoms with van der Waals surface area (Å²) in [5.74, 6) is 5.97. The summed E-state index contributed by atoms with van der Waals surface area (Å²) in [6.45, 7) is 1.86. The third-order valence-corrected chi connectivity index (χ3v) is 4.20. The van der Waals surface area contributed by atoms with E-state index in [2.05, 4.69) is 5.43 Å². The van der Waals surface area contributed by atoms with Crippen LogP contribution < -0.4 is 11.3 Å². The Balaban J connectivity index is 1.77. The average molecular weight is 294 g/mol. The summed E-state index contributed by atoms with van der Waals surface area (Å²) in [6.07, 6.45) is 0.955. The Hall–Kier alpha value is -0.340. The first-order valence-corrected chi connectivity index (χ1v) is 7.19. The number of nitrogens with two attached hydrogens (primary N) is 1. The molecule has 118 valence electrons. The van der Waals surface area contributed by atoms with Gasteiger partial charge >= 0.3 is 0 Å². The summed E-state index contributed by atoms with van der Waals surface area (Å²) in [5.41, 5.74) is 2.64. The second kappa shape index (κ2) is 7.61. The molecular weight excluding hydrogens is 270 g/mol. The Kier molecular flexibility index (Phi) is 6.10. The minimum Gasteiger partial charge on any atom is -0.378 e. The zero-order chi connectivity index (χ0) is 14.4. The fourth-order valence-corrected chi connectivity index (χ4v) is 3.11. The van der Waals surface area contributed by atoms with Crippen molar-refractivity contribution in [2.45, 2.75) is 43.8 Å². The molecule has 0 amide bonds. The highest BCUT2D eigenvalue weighted by Crippen LogP contribution is 2.37. The molecule has 2 aliphatic heterocycles. The fraction of sp³-hybridized carbons (Fsp3) is 1.00. The van der Waals surface area contributed by atoms with E-state index in [-0.39, 0.29) is 11.6 Å². The van der Waals surface area contributed by atoms with E-state index in [1.807, 2.05) is 0 Å². The summed E-state index contributed by atoms with van der Waals surface area (Å²) < 4.78 is 40.3. The van der Waals surface area contributed by atoms with Crippen molar-refractivity contribution in [3.8, 4) is 0 Å². The lowest BCUT2D eigenvalue weighted by atomic mass is 9.80. The summed E-state index contributed by atoms with van der Waals surface area (Å²) >= 11 is 0. The van der Waals surface area contributed by atoms with Gasteiger partial charge in [-0.15, -0.1) is 0 Å². The van der Waals surface area contributed by atoms with Crippen molar-refractivity contribution in [3.05, 3.63) is 0 Å². The topological polar surface area (TPSA) is 65.7 Å². The van der Waals surface area contributed by atoms with Crippen LogP contribution >= 0.6 is 0 Å². The molecule has 0 aromatic carbocycles. The van der Waals surface area contributed by atoms with Crippen LogP contribution in [-0.2, 0) is 14.2 Å². The molecule has 0 bridgehead atoms. The number of hydrogen-bond acceptors (Lipinski definition) is 5. The Morgan fingerprint density at radius 3 is 2.90 bits per heavy atom. The molecule has 7 heteroatoms. The molecule has 2 saturated heterocycles. The van der Waals surface area contributed by atoms with Gasteiger partial charge in [-0.2, -0.15) is 0 Å². The first-order chi connectivity index (χ1) is 9.65. The number of nitrogens with one attached hydrogen (secondary N) is 1. The molecule has 0 aromatic heterocycles. The van der Waals surface area contributed by atoms with Crippen LogP contribution in [0.1, 0.15) is 25.7 Å². The zero-order valence-corrected chi connectivity index (χ0v) is 11.7. The van der Waals surface area contributed by atoms with Crippen molar-refractivity contribution < 1.29 is 23.0 Å². The number of rotatable bonds is 7. The van der Waals surface area contributed by atoms with Gasteiger partial charge in [0, 0.05) is 32.3 Å². The van der Waals surface area contributed by atoms with E-state index < -0.39 is 13.0 Å². The first-order valence-electron chi connectivity index (χ1n) is 7.19. The van der Waals surface area contributed by atoms with Crippen LogP contribution in [-0.4, -0.2) is 51.1 Å². The lowest BCUT2D eigenvalue weighted by Crippen LogP contribution is -2.49. The molecule has 0 aromatic rings. The normalized spacial score (nSPS) is 32.1. The van der Waals surface area contributed by atoms with Crippen molar-refractivity contribution in [3.63, 3.8) is 0 Å². The van der Waals surface area contributed by atoms with Crippen LogP contribution in [0.4, 0.5) is 8.78 Å². The van der Waals surface area contributed by atoms with Crippen molar-refractivity contribution in [2.24, 2.45) is 11.8 Å². The number of hydrogen-bond donors (Lipinski definition) is 2. The van der Waals surface area contributed by atoms with Crippen LogP contribution in [0, 0.1) is 5.92 Å². The predicted molar refractivity (Wildman–Crippen MR) is 69.4 cm³/mol. The highest BCUT2D eigenvalue weighted by Gasteiger charge is 2.42. The van der Waals surface area contributed by atoms with E-state index in [0.29, 0.717) is 32.2 Å². The van der Waals surface area contributed by atoms with E-state index in [9.17, 15) is 8.78 Å². The van der Waals surface area contributed by atoms with E-state index in [4.69, 9.17) is 20.1 Å². The van der Waals surface area contributed by atoms with E-state index >= 15 is 0 Å². The molecule has 0 saturated carbocycles. The third-order valence-electron chi connectivity index (χ3n) is 4.20. The zero-order valence-electron chi connectivity index (χ0n) is 11.7. The minimum absolute atomic E-state index is 0.0639. The van der Waals surface area contributed by atoms with Crippen LogP contribution in [0.15, 0.2) is 0 Å². The van der Waals surface area contributed by atoms with Gasteiger partial charge in [0.1, 0.15) is 6.61 Å². The maximum atomic E-state index is 12.0. The molecule has 3 unspecified atom stereocenters. The maximum Gasteiger partial charge on any atom is 0.261 e. The van der Waals surface area contributed by atoms with E-state index in [0.717, 1.165) is 25.9 Å². The number of ether oxygens (including phenoxy) is 3. The van der Waals surface area contributed by atoms with Gasteiger partial charge in [0.05, 0.1) is 12.2 Å². The molecule has 2 fully saturated rings. The largest absolute Gasteiger partial charge is 0.378 e. The molecule has 3 N–H and O–H groups in total. The summed E-state index contributed by atoms with van der Waals surface area (Å²) in [7, 11) is 0. The predicted octanol–water partition coefficient (Wildman–Crippen LogP) is 1.08. The standard InChI is InChI=1S/C13H24F2N2O3/c14-12(15)8-18-4-2-11(17-16)10-1-5-20-13(7-10)3-6-19-9-13/h10-12,17H,1-9,16H2. The third kappa shape index (κ3) is 4.33. The maximum absolute atomic E-state index is 12.0. The molecule has 0 radical (unpaired) electrons. The van der Waals surface area contributed by atoms with Gasteiger partial charge in [0.25, 0.3) is 6.43 Å². The van der Waals surface area contributed by atoms with Crippen LogP contribution in [0.25, 0.3) is 0 Å². The van der Waals surface area contributed by atoms with Crippen LogP contribution in [0.3, 0.4) is 0 Å². The minimum atomic E-state index is -2.42. The first kappa shape index (κ1) is 16.0. The molecule has 2 heterocycles. The molecule has 2 aliphatic rings. The summed E-state index contributed by atoms with van der Waals surface area (Å²) in [6, 6.07) is 0.0639. The smallest absolute Gasteiger partial charge is 0.261 e. The van der Waals surface area contributed by atoms with Crippen LogP contribution in [0.5, 0.6) is 0 Å². The monoisotopic (exact) mass is 294 g/mol. The molecule has 20 heavy (non-hydrogen) atoms. The number of alkyl halides is 2. The molecule has 5 nitrogen and oxygen atoms in total. The van der Waals surface area contributed by atoms with Crippen molar-refractivity contribution in [1.82, 2.24) is 5.43 Å². The van der Waals surface area contributed by atoms with Crippen molar-refractivity contribution in [2.75, 3.05) is 33.0 Å². The summed E-state index contributed by atoms with van der Waals surface area (Å²) in [5, 5.41) is 0. The van der Waals surface area contributed by atoms with Crippen LogP contribution in [0.2, 0.25) is 0 Å². The Morgan fingerprint density at radius 1 is 1.40 bits per heavy atom. The Labute approximate surface area is 118 Å². The fourth-order valence-electron chi connectivity index (χ4n) is 3.11. The molecule has 0 aliphatic carbocycles. The summed E-state index contributed by atoms with van der Waals surface area (Å²) in [4.78, 5) is 0. The van der Waals surface area contributed by atoms with E-state index in [1.54, 1.807) is 0 Å². The van der Waals surface area contributed by atoms with Crippen molar-refractivity contribution in [1.29, 1.82) is 0 Å². The SMILES string of the molecule is NNC(CCOCC(F)F)C1CCOC2(CCOC2)C1. The molecule has 1 spiro atoms. The quantitative estimate of drug-likeness (QED) is 0.418.